The van der Waals surface area contributed by atoms with Crippen LogP contribution in [0.5, 0.6) is 11.5 Å². The van der Waals surface area contributed by atoms with Crippen LogP contribution in [0.1, 0.15) is 31.2 Å². The SMILES string of the molecule is COc1cc(C#CC2CCCC2)c(Cl)cc1-n1c(=O)ccc2cc(S(=O)(=O)Oc3c(F)c(F)c(F)c(F)c3F)ccc21. The first-order valence-corrected chi connectivity index (χ1v) is 14.2. The Kier molecular flexibility index (Phi) is 7.92. The van der Waals surface area contributed by atoms with Gasteiger partial charge in [0.15, 0.2) is 0 Å². The van der Waals surface area contributed by atoms with Crippen molar-refractivity contribution in [3.8, 4) is 29.0 Å². The minimum Gasteiger partial charge on any atom is -0.495 e. The van der Waals surface area contributed by atoms with Gasteiger partial charge in [0.25, 0.3) is 5.56 Å². The van der Waals surface area contributed by atoms with E-state index in [2.05, 4.69) is 16.0 Å². The first kappa shape index (κ1) is 29.4. The van der Waals surface area contributed by atoms with E-state index in [1.165, 1.54) is 29.9 Å². The molecule has 5 rings (SSSR count). The highest BCUT2D eigenvalue weighted by atomic mass is 35.5. The number of benzene rings is 3. The maximum Gasteiger partial charge on any atom is 0.339 e. The highest BCUT2D eigenvalue weighted by Crippen LogP contribution is 2.34. The Bertz CT molecular complexity index is 1950. The number of nitrogens with zero attached hydrogens (tertiary/aromatic N) is 1. The molecule has 0 amide bonds. The molecule has 3 aromatic carbocycles. The molecule has 1 heterocycles. The van der Waals surface area contributed by atoms with Crippen molar-refractivity contribution in [2.24, 2.45) is 5.92 Å². The Morgan fingerprint density at radius 1 is 0.905 bits per heavy atom. The van der Waals surface area contributed by atoms with Crippen molar-refractivity contribution in [3.05, 3.63) is 92.5 Å². The van der Waals surface area contributed by atoms with Crippen molar-refractivity contribution in [3.63, 3.8) is 0 Å². The van der Waals surface area contributed by atoms with Crippen molar-refractivity contribution in [1.82, 2.24) is 4.57 Å². The molecule has 0 aliphatic heterocycles. The molecule has 0 N–H and O–H groups in total. The summed E-state index contributed by atoms with van der Waals surface area (Å²) in [6.07, 6.45) is 4.25. The first-order valence-electron chi connectivity index (χ1n) is 12.4. The maximum atomic E-state index is 14.1. The molecular weight excluding hydrogens is 605 g/mol. The number of rotatable bonds is 5. The fraction of sp³-hybridized carbons (Fsp3) is 0.207. The zero-order chi connectivity index (χ0) is 30.3. The molecule has 218 valence electrons. The van der Waals surface area contributed by atoms with Gasteiger partial charge in [-0.1, -0.05) is 36.3 Å². The lowest BCUT2D eigenvalue weighted by atomic mass is 10.1. The molecule has 1 aromatic heterocycles. The van der Waals surface area contributed by atoms with Crippen molar-refractivity contribution in [2.75, 3.05) is 7.11 Å². The largest absolute Gasteiger partial charge is 0.495 e. The van der Waals surface area contributed by atoms with E-state index in [-0.39, 0.29) is 33.3 Å². The van der Waals surface area contributed by atoms with Gasteiger partial charge >= 0.3 is 10.1 Å². The van der Waals surface area contributed by atoms with Crippen LogP contribution in [0.3, 0.4) is 0 Å². The zero-order valence-corrected chi connectivity index (χ0v) is 23.2. The number of halogens is 6. The number of fused-ring (bicyclic) bond motifs is 1. The van der Waals surface area contributed by atoms with Crippen LogP contribution in [0.4, 0.5) is 22.0 Å². The van der Waals surface area contributed by atoms with Crippen LogP contribution in [0.25, 0.3) is 16.6 Å². The second-order valence-electron chi connectivity index (χ2n) is 9.42. The van der Waals surface area contributed by atoms with Crippen molar-refractivity contribution >= 4 is 32.6 Å². The van der Waals surface area contributed by atoms with E-state index in [0.717, 1.165) is 43.9 Å². The number of pyridine rings is 1. The van der Waals surface area contributed by atoms with Crippen molar-refractivity contribution < 1.29 is 39.3 Å². The Labute approximate surface area is 241 Å². The lowest BCUT2D eigenvalue weighted by Gasteiger charge is -2.16. The van der Waals surface area contributed by atoms with Gasteiger partial charge in [-0.15, -0.1) is 0 Å². The summed E-state index contributed by atoms with van der Waals surface area (Å²) in [4.78, 5) is 12.3. The van der Waals surface area contributed by atoms with Gasteiger partial charge in [-0.3, -0.25) is 9.36 Å². The molecule has 42 heavy (non-hydrogen) atoms. The average molecular weight is 624 g/mol. The summed E-state index contributed by atoms with van der Waals surface area (Å²) in [7, 11) is -3.72. The van der Waals surface area contributed by atoms with E-state index in [4.69, 9.17) is 16.3 Å². The van der Waals surface area contributed by atoms with E-state index >= 15 is 0 Å². The monoisotopic (exact) mass is 623 g/mol. The molecule has 1 aliphatic rings. The van der Waals surface area contributed by atoms with Gasteiger partial charge < -0.3 is 8.92 Å². The third-order valence-electron chi connectivity index (χ3n) is 6.79. The molecule has 13 heteroatoms. The van der Waals surface area contributed by atoms with Crippen LogP contribution >= 0.6 is 11.6 Å². The fourth-order valence-corrected chi connectivity index (χ4v) is 5.84. The van der Waals surface area contributed by atoms with Crippen molar-refractivity contribution in [1.29, 1.82) is 0 Å². The predicted octanol–water partition coefficient (Wildman–Crippen LogP) is 6.66. The third-order valence-corrected chi connectivity index (χ3v) is 8.32. The first-order chi connectivity index (χ1) is 19.9. The van der Waals surface area contributed by atoms with Crippen LogP contribution in [0.2, 0.25) is 5.02 Å². The number of methoxy groups -OCH3 is 1. The van der Waals surface area contributed by atoms with E-state index in [0.29, 0.717) is 5.56 Å². The van der Waals surface area contributed by atoms with Crippen LogP contribution in [0.15, 0.2) is 52.2 Å². The van der Waals surface area contributed by atoms with Gasteiger partial charge in [0.05, 0.1) is 23.3 Å². The van der Waals surface area contributed by atoms with E-state index in [1.54, 1.807) is 6.07 Å². The molecule has 1 aliphatic carbocycles. The Balaban J connectivity index is 1.58. The summed E-state index contributed by atoms with van der Waals surface area (Å²) in [5, 5.41) is 0.385. The molecular formula is C29H19ClF5NO5S. The molecule has 0 bridgehead atoms. The predicted molar refractivity (Wildman–Crippen MR) is 144 cm³/mol. The van der Waals surface area contributed by atoms with Crippen molar-refractivity contribution in [2.45, 2.75) is 30.6 Å². The molecule has 6 nitrogen and oxygen atoms in total. The topological polar surface area (TPSA) is 74.6 Å². The molecule has 1 fully saturated rings. The number of aromatic nitrogens is 1. The number of hydrogen-bond acceptors (Lipinski definition) is 5. The molecule has 1 saturated carbocycles. The van der Waals surface area contributed by atoms with E-state index < -0.39 is 55.4 Å². The van der Waals surface area contributed by atoms with Gasteiger partial charge in [-0.2, -0.15) is 17.2 Å². The standard InChI is InChI=1S/C29H19ClF5NO5S/c1-40-22-13-16(7-6-15-4-2-3-5-15)19(30)14-21(22)36-20-10-9-18(12-17(20)8-11-23(36)37)42(38,39)41-29-27(34)25(32)24(31)26(33)28(29)35/h8-15H,2-5H2,1H3. The van der Waals surface area contributed by atoms with Gasteiger partial charge in [-0.25, -0.2) is 13.2 Å². The van der Waals surface area contributed by atoms with Gasteiger partial charge in [0.1, 0.15) is 10.6 Å². The molecule has 0 unspecified atom stereocenters. The molecule has 0 atom stereocenters. The minimum absolute atomic E-state index is 0.139. The smallest absolute Gasteiger partial charge is 0.339 e. The summed E-state index contributed by atoms with van der Waals surface area (Å²) < 4.78 is 105. The van der Waals surface area contributed by atoms with Crippen LogP contribution in [0, 0.1) is 46.8 Å². The highest BCUT2D eigenvalue weighted by molar-refractivity contribution is 7.87. The summed E-state index contributed by atoms with van der Waals surface area (Å²) >= 11 is 6.51. The lowest BCUT2D eigenvalue weighted by Crippen LogP contribution is -2.19. The normalized spacial score (nSPS) is 13.7. The fourth-order valence-electron chi connectivity index (χ4n) is 4.67. The Morgan fingerprint density at radius 2 is 1.55 bits per heavy atom. The zero-order valence-electron chi connectivity index (χ0n) is 21.6. The molecule has 0 saturated heterocycles. The summed E-state index contributed by atoms with van der Waals surface area (Å²) in [5.41, 5.74) is 0.362. The second kappa shape index (κ2) is 11.3. The lowest BCUT2D eigenvalue weighted by molar-refractivity contribution is 0.346. The minimum atomic E-state index is -5.11. The van der Waals surface area contributed by atoms with E-state index in [9.17, 15) is 35.2 Å². The molecule has 0 spiro atoms. The van der Waals surface area contributed by atoms with Gasteiger partial charge in [-0.05, 0) is 49.2 Å². The Hall–Kier alpha value is -4.08. The highest BCUT2D eigenvalue weighted by Gasteiger charge is 2.31. The van der Waals surface area contributed by atoms with E-state index in [1.807, 2.05) is 0 Å². The Morgan fingerprint density at radius 3 is 2.19 bits per heavy atom. The van der Waals surface area contributed by atoms with Gasteiger partial charge in [0.2, 0.25) is 34.8 Å². The molecule has 4 aromatic rings. The number of hydrogen-bond donors (Lipinski definition) is 0. The number of ether oxygens (including phenoxy) is 1. The summed E-state index contributed by atoms with van der Waals surface area (Å²) in [5.74, 6) is -7.30. The summed E-state index contributed by atoms with van der Waals surface area (Å²) in [6.45, 7) is 0. The van der Waals surface area contributed by atoms with Gasteiger partial charge in [0, 0.05) is 22.9 Å². The average Bonchev–Trinajstić information content (AvgIpc) is 3.50. The molecule has 0 radical (unpaired) electrons. The second-order valence-corrected chi connectivity index (χ2v) is 11.4. The van der Waals surface area contributed by atoms with Crippen LogP contribution < -0.4 is 14.5 Å². The van der Waals surface area contributed by atoms with Crippen LogP contribution in [-0.4, -0.2) is 20.1 Å². The summed E-state index contributed by atoms with van der Waals surface area (Å²) in [6, 6.07) is 8.62. The van der Waals surface area contributed by atoms with Crippen LogP contribution in [-0.2, 0) is 10.1 Å². The third kappa shape index (κ3) is 5.30. The maximum absolute atomic E-state index is 14.1. The quantitative estimate of drug-likeness (QED) is 0.0818.